The quantitative estimate of drug-likeness (QED) is 0.939. The maximum Gasteiger partial charge on any atom is 0.171 e. The second kappa shape index (κ2) is 4.82. The highest BCUT2D eigenvalue weighted by Crippen LogP contribution is 2.28. The number of hydrogen-bond donors (Lipinski definition) is 1. The van der Waals surface area contributed by atoms with Crippen molar-refractivity contribution >= 4 is 15.9 Å². The highest BCUT2D eigenvalue weighted by atomic mass is 79.9. The van der Waals surface area contributed by atoms with Gasteiger partial charge in [0.25, 0.3) is 0 Å². The van der Waals surface area contributed by atoms with E-state index < -0.39 is 0 Å². The van der Waals surface area contributed by atoms with Gasteiger partial charge in [-0.15, -0.1) is 0 Å². The third kappa shape index (κ3) is 2.47. The molecular formula is C13H12BrFN2O. The molecule has 1 aliphatic rings. The highest BCUT2D eigenvalue weighted by molar-refractivity contribution is 9.10. The van der Waals surface area contributed by atoms with Gasteiger partial charge in [-0.3, -0.25) is 0 Å². The third-order valence-corrected chi connectivity index (χ3v) is 3.59. The fourth-order valence-corrected chi connectivity index (χ4v) is 2.18. The predicted molar refractivity (Wildman–Crippen MR) is 69.5 cm³/mol. The molecule has 1 fully saturated rings. The zero-order valence-electron chi connectivity index (χ0n) is 9.62. The molecule has 1 heterocycles. The molecule has 0 aliphatic heterocycles. The van der Waals surface area contributed by atoms with Gasteiger partial charge in [-0.1, -0.05) is 5.16 Å². The number of rotatable bonds is 4. The van der Waals surface area contributed by atoms with E-state index in [0.717, 1.165) is 17.7 Å². The molecule has 0 spiro atoms. The summed E-state index contributed by atoms with van der Waals surface area (Å²) in [7, 11) is 0. The molecule has 2 aromatic rings. The standard InChI is InChI=1S/C13H12BrFN2O/c14-11-5-8(1-4-12(11)15)13-9(7-17-18-13)6-16-10-2-3-10/h1,4-5,7,10,16H,2-3,6H2. The summed E-state index contributed by atoms with van der Waals surface area (Å²) in [4.78, 5) is 0. The summed E-state index contributed by atoms with van der Waals surface area (Å²) in [6, 6.07) is 5.45. The summed E-state index contributed by atoms with van der Waals surface area (Å²) in [5, 5.41) is 7.23. The second-order valence-corrected chi connectivity index (χ2v) is 5.32. The van der Waals surface area contributed by atoms with Crippen molar-refractivity contribution in [3.8, 4) is 11.3 Å². The van der Waals surface area contributed by atoms with Crippen molar-refractivity contribution in [1.29, 1.82) is 0 Å². The van der Waals surface area contributed by atoms with E-state index in [4.69, 9.17) is 4.52 Å². The molecule has 1 aromatic carbocycles. The first-order valence-electron chi connectivity index (χ1n) is 5.86. The predicted octanol–water partition coefficient (Wildman–Crippen LogP) is 3.50. The van der Waals surface area contributed by atoms with Crippen LogP contribution >= 0.6 is 15.9 Å². The average Bonchev–Trinajstić information content (AvgIpc) is 3.08. The maximum absolute atomic E-state index is 13.2. The van der Waals surface area contributed by atoms with Gasteiger partial charge < -0.3 is 9.84 Å². The number of hydrogen-bond acceptors (Lipinski definition) is 3. The Hall–Kier alpha value is -1.20. The van der Waals surface area contributed by atoms with Crippen LogP contribution in [0.3, 0.4) is 0 Å². The SMILES string of the molecule is Fc1ccc(-c2oncc2CNC2CC2)cc1Br. The molecule has 1 aliphatic carbocycles. The second-order valence-electron chi connectivity index (χ2n) is 4.46. The highest BCUT2D eigenvalue weighted by Gasteiger charge is 2.21. The number of benzene rings is 1. The molecule has 0 bridgehead atoms. The Labute approximate surface area is 112 Å². The van der Waals surface area contributed by atoms with E-state index >= 15 is 0 Å². The summed E-state index contributed by atoms with van der Waals surface area (Å²) in [5.41, 5.74) is 1.83. The van der Waals surface area contributed by atoms with Crippen LogP contribution in [0.4, 0.5) is 4.39 Å². The molecule has 1 saturated carbocycles. The van der Waals surface area contributed by atoms with Gasteiger partial charge in [0.05, 0.1) is 10.7 Å². The Morgan fingerprint density at radius 3 is 3.00 bits per heavy atom. The maximum atomic E-state index is 13.2. The Balaban J connectivity index is 1.85. The summed E-state index contributed by atoms with van der Waals surface area (Å²) in [6.07, 6.45) is 4.19. The van der Waals surface area contributed by atoms with Crippen LogP contribution in [0.25, 0.3) is 11.3 Å². The number of halogens is 2. The number of nitrogens with one attached hydrogen (secondary N) is 1. The summed E-state index contributed by atoms with van der Waals surface area (Å²) in [5.74, 6) is 0.416. The normalized spacial score (nSPS) is 15.0. The number of nitrogens with zero attached hydrogens (tertiary/aromatic N) is 1. The van der Waals surface area contributed by atoms with Crippen LogP contribution in [-0.2, 0) is 6.54 Å². The van der Waals surface area contributed by atoms with Crippen LogP contribution in [0.15, 0.2) is 33.4 Å². The third-order valence-electron chi connectivity index (χ3n) is 2.98. The van der Waals surface area contributed by atoms with Crippen LogP contribution in [0.2, 0.25) is 0 Å². The first-order chi connectivity index (χ1) is 8.74. The smallest absolute Gasteiger partial charge is 0.171 e. The first-order valence-corrected chi connectivity index (χ1v) is 6.65. The van der Waals surface area contributed by atoms with Crippen molar-refractivity contribution in [2.45, 2.75) is 25.4 Å². The van der Waals surface area contributed by atoms with Gasteiger partial charge in [-0.2, -0.15) is 0 Å². The van der Waals surface area contributed by atoms with Gasteiger partial charge in [0, 0.05) is 23.7 Å². The number of aromatic nitrogens is 1. The largest absolute Gasteiger partial charge is 0.356 e. The van der Waals surface area contributed by atoms with E-state index in [1.54, 1.807) is 18.3 Å². The van der Waals surface area contributed by atoms with Crippen molar-refractivity contribution in [2.24, 2.45) is 0 Å². The molecule has 18 heavy (non-hydrogen) atoms. The fourth-order valence-electron chi connectivity index (χ4n) is 1.80. The van der Waals surface area contributed by atoms with E-state index in [1.807, 2.05) is 0 Å². The van der Waals surface area contributed by atoms with Crippen LogP contribution in [0, 0.1) is 5.82 Å². The molecule has 0 unspecified atom stereocenters. The van der Waals surface area contributed by atoms with Crippen molar-refractivity contribution in [3.63, 3.8) is 0 Å². The van der Waals surface area contributed by atoms with Gasteiger partial charge in [0.2, 0.25) is 0 Å². The average molecular weight is 311 g/mol. The van der Waals surface area contributed by atoms with E-state index in [0.29, 0.717) is 16.3 Å². The zero-order chi connectivity index (χ0) is 12.5. The Bertz CT molecular complexity index is 566. The molecule has 5 heteroatoms. The molecule has 3 rings (SSSR count). The molecule has 0 saturated heterocycles. The van der Waals surface area contributed by atoms with Crippen LogP contribution < -0.4 is 5.32 Å². The van der Waals surface area contributed by atoms with E-state index in [2.05, 4.69) is 26.4 Å². The molecule has 3 nitrogen and oxygen atoms in total. The summed E-state index contributed by atoms with van der Waals surface area (Å²) >= 11 is 3.18. The van der Waals surface area contributed by atoms with Gasteiger partial charge in [-0.05, 0) is 47.0 Å². The van der Waals surface area contributed by atoms with E-state index in [1.165, 1.54) is 18.9 Å². The van der Waals surface area contributed by atoms with Crippen LogP contribution in [-0.4, -0.2) is 11.2 Å². The van der Waals surface area contributed by atoms with E-state index in [-0.39, 0.29) is 5.82 Å². The van der Waals surface area contributed by atoms with Gasteiger partial charge >= 0.3 is 0 Å². The van der Waals surface area contributed by atoms with Crippen LogP contribution in [0.1, 0.15) is 18.4 Å². The molecule has 94 valence electrons. The lowest BCUT2D eigenvalue weighted by Crippen LogP contribution is -2.15. The Morgan fingerprint density at radius 2 is 2.28 bits per heavy atom. The molecule has 1 aromatic heterocycles. The molecule has 1 N–H and O–H groups in total. The minimum atomic E-state index is -0.282. The lowest BCUT2D eigenvalue weighted by Gasteiger charge is -2.03. The molecule has 0 atom stereocenters. The van der Waals surface area contributed by atoms with E-state index in [9.17, 15) is 4.39 Å². The minimum absolute atomic E-state index is 0.282. The van der Waals surface area contributed by atoms with Gasteiger partial charge in [-0.25, -0.2) is 4.39 Å². The minimum Gasteiger partial charge on any atom is -0.356 e. The Morgan fingerprint density at radius 1 is 1.44 bits per heavy atom. The first kappa shape index (κ1) is 11.9. The van der Waals surface area contributed by atoms with Crippen LogP contribution in [0.5, 0.6) is 0 Å². The Kier molecular flexibility index (Phi) is 3.18. The van der Waals surface area contributed by atoms with Crippen molar-refractivity contribution in [2.75, 3.05) is 0 Å². The monoisotopic (exact) mass is 310 g/mol. The summed E-state index contributed by atoms with van der Waals surface area (Å²) in [6.45, 7) is 0.735. The molecular weight excluding hydrogens is 299 g/mol. The van der Waals surface area contributed by atoms with Crippen molar-refractivity contribution in [3.05, 3.63) is 40.2 Å². The molecule has 0 radical (unpaired) electrons. The molecule has 0 amide bonds. The van der Waals surface area contributed by atoms with Gasteiger partial charge in [0.15, 0.2) is 5.76 Å². The zero-order valence-corrected chi connectivity index (χ0v) is 11.2. The van der Waals surface area contributed by atoms with Crippen molar-refractivity contribution < 1.29 is 8.91 Å². The van der Waals surface area contributed by atoms with Crippen molar-refractivity contribution in [1.82, 2.24) is 10.5 Å². The van der Waals surface area contributed by atoms with Gasteiger partial charge in [0.1, 0.15) is 5.82 Å². The fraction of sp³-hybridized carbons (Fsp3) is 0.308. The summed E-state index contributed by atoms with van der Waals surface area (Å²) < 4.78 is 18.9. The lowest BCUT2D eigenvalue weighted by atomic mass is 10.1. The topological polar surface area (TPSA) is 38.1 Å². The lowest BCUT2D eigenvalue weighted by molar-refractivity contribution is 0.431.